The van der Waals surface area contributed by atoms with Crippen LogP contribution in [0.3, 0.4) is 0 Å². The van der Waals surface area contributed by atoms with E-state index in [0.29, 0.717) is 12.8 Å². The van der Waals surface area contributed by atoms with Gasteiger partial charge in [-0.05, 0) is 80.1 Å². The first-order valence-corrected chi connectivity index (χ1v) is 12.1. The molecule has 0 spiro atoms. The summed E-state index contributed by atoms with van der Waals surface area (Å²) < 4.78 is 10.3. The van der Waals surface area contributed by atoms with Gasteiger partial charge in [0, 0.05) is 27.2 Å². The van der Waals surface area contributed by atoms with E-state index >= 15 is 0 Å². The van der Waals surface area contributed by atoms with Gasteiger partial charge in [-0.15, -0.1) is 0 Å². The summed E-state index contributed by atoms with van der Waals surface area (Å²) in [5.74, 6) is -0.0679. The van der Waals surface area contributed by atoms with Gasteiger partial charge >= 0.3 is 12.2 Å². The van der Waals surface area contributed by atoms with Gasteiger partial charge in [0.05, 0.1) is 0 Å². The fourth-order valence-corrected chi connectivity index (χ4v) is 3.56. The van der Waals surface area contributed by atoms with Gasteiger partial charge in [-0.2, -0.15) is 0 Å². The Hall–Kier alpha value is -2.52. The maximum Gasteiger partial charge on any atom is 0.408 e. The second-order valence-corrected chi connectivity index (χ2v) is 10.9. The third-order valence-corrected chi connectivity index (χ3v) is 5.20. The topological polar surface area (TPSA) is 117 Å². The summed E-state index contributed by atoms with van der Waals surface area (Å²) in [7, 11) is 3.52. The van der Waals surface area contributed by atoms with Crippen molar-refractivity contribution in [3.05, 3.63) is 0 Å². The molecule has 4 amide bonds. The molecule has 0 unspecified atom stereocenters. The van der Waals surface area contributed by atoms with Crippen LogP contribution in [0.15, 0.2) is 0 Å². The zero-order chi connectivity index (χ0) is 26.1. The van der Waals surface area contributed by atoms with E-state index in [-0.39, 0.29) is 11.8 Å². The first-order chi connectivity index (χ1) is 15.6. The number of ether oxygens (including phenoxy) is 2. The molecule has 2 fully saturated rings. The number of carbonyl (C=O) groups excluding carboxylic acids is 4. The van der Waals surface area contributed by atoms with E-state index < -0.39 is 35.5 Å². The molecule has 2 rings (SSSR count). The van der Waals surface area contributed by atoms with Crippen molar-refractivity contribution < 1.29 is 28.7 Å². The predicted molar refractivity (Wildman–Crippen MR) is 129 cm³/mol. The van der Waals surface area contributed by atoms with Crippen LogP contribution >= 0.6 is 0 Å². The van der Waals surface area contributed by atoms with Crippen molar-refractivity contribution in [1.29, 1.82) is 0 Å². The molecule has 0 aliphatic carbocycles. The molecule has 2 atom stereocenters. The highest BCUT2D eigenvalue weighted by Gasteiger charge is 2.29. The molecule has 0 radical (unpaired) electrons. The SMILES string of the molecule is CN1CCCC[C@H](NC(=O)OC(C)(C)C)C1=O.CN1CCCC[C@H](NC(=O)OC(C)(C)C)C1=O. The van der Waals surface area contributed by atoms with Gasteiger partial charge in [-0.3, -0.25) is 9.59 Å². The lowest BCUT2D eigenvalue weighted by atomic mass is 10.1. The first kappa shape index (κ1) is 29.5. The fourth-order valence-electron chi connectivity index (χ4n) is 3.56. The molecule has 2 saturated heterocycles. The summed E-state index contributed by atoms with van der Waals surface area (Å²) >= 11 is 0. The minimum atomic E-state index is -0.538. The lowest BCUT2D eigenvalue weighted by molar-refractivity contribution is -0.132. The molecule has 0 aromatic heterocycles. The van der Waals surface area contributed by atoms with Crippen molar-refractivity contribution in [2.45, 2.75) is 103 Å². The summed E-state index contributed by atoms with van der Waals surface area (Å²) in [5.41, 5.74) is -1.08. The minimum absolute atomic E-state index is 0.0339. The van der Waals surface area contributed by atoms with Crippen molar-refractivity contribution in [2.75, 3.05) is 27.2 Å². The highest BCUT2D eigenvalue weighted by atomic mass is 16.6. The summed E-state index contributed by atoms with van der Waals surface area (Å²) in [4.78, 5) is 50.3. The van der Waals surface area contributed by atoms with Crippen molar-refractivity contribution in [3.63, 3.8) is 0 Å². The molecule has 0 aromatic rings. The molecule has 2 aliphatic rings. The molecule has 10 nitrogen and oxygen atoms in total. The highest BCUT2D eigenvalue weighted by molar-refractivity contribution is 5.86. The lowest BCUT2D eigenvalue weighted by Crippen LogP contribution is -2.47. The number of nitrogens with one attached hydrogen (secondary N) is 2. The summed E-state index contributed by atoms with van der Waals surface area (Å²) in [6.07, 6.45) is 4.17. The number of rotatable bonds is 2. The number of hydrogen-bond donors (Lipinski definition) is 2. The molecule has 2 N–H and O–H groups in total. The maximum atomic E-state index is 11.9. The zero-order valence-electron chi connectivity index (χ0n) is 22.2. The Balaban J connectivity index is 0.000000340. The van der Waals surface area contributed by atoms with Gasteiger partial charge < -0.3 is 29.9 Å². The van der Waals surface area contributed by atoms with Crippen LogP contribution in [0.25, 0.3) is 0 Å². The molecule has 2 aliphatic heterocycles. The van der Waals surface area contributed by atoms with Gasteiger partial charge in [0.15, 0.2) is 0 Å². The highest BCUT2D eigenvalue weighted by Crippen LogP contribution is 2.14. The average Bonchev–Trinajstić information content (AvgIpc) is 2.92. The Morgan fingerprint density at radius 2 is 1.03 bits per heavy atom. The van der Waals surface area contributed by atoms with E-state index in [2.05, 4.69) is 10.6 Å². The largest absolute Gasteiger partial charge is 0.444 e. The van der Waals surface area contributed by atoms with Gasteiger partial charge in [0.1, 0.15) is 23.3 Å². The standard InChI is InChI=1S/2C12H22N2O3/c2*1-12(2,3)17-11(16)13-9-7-5-6-8-14(4)10(9)15/h2*9H,5-8H2,1-4H3,(H,13,16)/t2*9-/m00/s1. The molecule has 2 heterocycles. The van der Waals surface area contributed by atoms with E-state index in [0.717, 1.165) is 38.8 Å². The van der Waals surface area contributed by atoms with Crippen LogP contribution in [0.2, 0.25) is 0 Å². The van der Waals surface area contributed by atoms with Crippen molar-refractivity contribution in [1.82, 2.24) is 20.4 Å². The van der Waals surface area contributed by atoms with Crippen LogP contribution in [0.4, 0.5) is 9.59 Å². The van der Waals surface area contributed by atoms with E-state index in [1.807, 2.05) is 0 Å². The Kier molecular flexibility index (Phi) is 11.1. The molecule has 0 aromatic carbocycles. The zero-order valence-corrected chi connectivity index (χ0v) is 22.2. The van der Waals surface area contributed by atoms with Gasteiger partial charge in [0.2, 0.25) is 11.8 Å². The molecule has 196 valence electrons. The second-order valence-electron chi connectivity index (χ2n) is 10.9. The third kappa shape index (κ3) is 11.6. The quantitative estimate of drug-likeness (QED) is 0.622. The molecule has 0 bridgehead atoms. The van der Waals surface area contributed by atoms with Gasteiger partial charge in [-0.25, -0.2) is 9.59 Å². The van der Waals surface area contributed by atoms with Gasteiger partial charge in [-0.1, -0.05) is 0 Å². The molecular formula is C24H44N4O6. The van der Waals surface area contributed by atoms with Crippen LogP contribution in [0.5, 0.6) is 0 Å². The molecule has 34 heavy (non-hydrogen) atoms. The molecule has 10 heteroatoms. The Morgan fingerprint density at radius 3 is 1.32 bits per heavy atom. The van der Waals surface area contributed by atoms with Crippen LogP contribution in [0.1, 0.15) is 80.1 Å². The Morgan fingerprint density at radius 1 is 0.706 bits per heavy atom. The van der Waals surface area contributed by atoms with Crippen LogP contribution in [-0.2, 0) is 19.1 Å². The van der Waals surface area contributed by atoms with Crippen molar-refractivity contribution in [2.24, 2.45) is 0 Å². The van der Waals surface area contributed by atoms with Crippen LogP contribution in [-0.4, -0.2) is 84.3 Å². The number of nitrogens with zero attached hydrogens (tertiary/aromatic N) is 2. The van der Waals surface area contributed by atoms with Crippen molar-refractivity contribution in [3.8, 4) is 0 Å². The van der Waals surface area contributed by atoms with E-state index in [1.54, 1.807) is 65.4 Å². The number of amides is 4. The smallest absolute Gasteiger partial charge is 0.408 e. The average molecular weight is 485 g/mol. The predicted octanol–water partition coefficient (Wildman–Crippen LogP) is 3.04. The monoisotopic (exact) mass is 484 g/mol. The summed E-state index contributed by atoms with van der Waals surface area (Å²) in [6, 6.07) is -0.894. The minimum Gasteiger partial charge on any atom is -0.444 e. The normalized spacial score (nSPS) is 22.0. The number of hydrogen-bond acceptors (Lipinski definition) is 6. The lowest BCUT2D eigenvalue weighted by Gasteiger charge is -2.24. The van der Waals surface area contributed by atoms with E-state index in [1.165, 1.54) is 0 Å². The van der Waals surface area contributed by atoms with Crippen LogP contribution in [0, 0.1) is 0 Å². The van der Waals surface area contributed by atoms with E-state index in [4.69, 9.17) is 9.47 Å². The third-order valence-electron chi connectivity index (χ3n) is 5.20. The fraction of sp³-hybridized carbons (Fsp3) is 0.833. The number of likely N-dealkylation sites (N-methyl/N-ethyl adjacent to an activating group) is 2. The van der Waals surface area contributed by atoms with Gasteiger partial charge in [0.25, 0.3) is 0 Å². The number of likely N-dealkylation sites (tertiary alicyclic amines) is 2. The molecule has 0 saturated carbocycles. The van der Waals surface area contributed by atoms with Crippen molar-refractivity contribution >= 4 is 24.0 Å². The second kappa shape index (κ2) is 12.8. The molecular weight excluding hydrogens is 440 g/mol. The summed E-state index contributed by atoms with van der Waals surface area (Å²) in [5, 5.41) is 5.29. The number of alkyl carbamates (subject to hydrolysis) is 2. The first-order valence-electron chi connectivity index (χ1n) is 12.1. The maximum absolute atomic E-state index is 11.9. The summed E-state index contributed by atoms with van der Waals surface area (Å²) in [6.45, 7) is 12.3. The van der Waals surface area contributed by atoms with Crippen LogP contribution < -0.4 is 10.6 Å². The Bertz CT molecular complexity index is 653. The number of carbonyl (C=O) groups is 4. The Labute approximate surface area is 204 Å². The van der Waals surface area contributed by atoms with E-state index in [9.17, 15) is 19.2 Å².